The number of hydrogen-bond acceptors (Lipinski definition) is 4. The predicted octanol–water partition coefficient (Wildman–Crippen LogP) is 2.04. The number of halogens is 2. The van der Waals surface area contributed by atoms with Crippen molar-refractivity contribution in [2.45, 2.75) is 6.92 Å². The van der Waals surface area contributed by atoms with E-state index in [2.05, 4.69) is 10.1 Å². The van der Waals surface area contributed by atoms with Crippen LogP contribution in [0.25, 0.3) is 5.69 Å². The third-order valence-corrected chi connectivity index (χ3v) is 2.78. The van der Waals surface area contributed by atoms with Gasteiger partial charge >= 0.3 is 11.7 Å². The maximum atomic E-state index is 11.7. The molecule has 0 bridgehead atoms. The lowest BCUT2D eigenvalue weighted by molar-refractivity contribution is 0.0512. The Balaban J connectivity index is 2.49. The Morgan fingerprint density at radius 3 is 2.89 bits per heavy atom. The fourth-order valence-corrected chi connectivity index (χ4v) is 1.79. The van der Waals surface area contributed by atoms with E-state index in [4.69, 9.17) is 27.9 Å². The number of aromatic nitrogens is 3. The largest absolute Gasteiger partial charge is 0.460 e. The highest BCUT2D eigenvalue weighted by Gasteiger charge is 2.16. The fraction of sp³-hybridized carbons (Fsp3) is 0.182. The number of nitrogens with one attached hydrogen (secondary N) is 1. The molecular formula is C11H9Cl2N3O3. The highest BCUT2D eigenvalue weighted by Crippen LogP contribution is 2.22. The molecule has 100 valence electrons. The zero-order valence-corrected chi connectivity index (χ0v) is 11.3. The lowest BCUT2D eigenvalue weighted by Crippen LogP contribution is -2.16. The molecule has 0 amide bonds. The summed E-state index contributed by atoms with van der Waals surface area (Å²) in [5, 5.41) is 4.51. The minimum absolute atomic E-state index is 0.186. The number of benzene rings is 1. The molecule has 0 fully saturated rings. The highest BCUT2D eigenvalue weighted by molar-refractivity contribution is 6.34. The van der Waals surface area contributed by atoms with E-state index in [-0.39, 0.29) is 23.1 Å². The molecule has 0 aliphatic rings. The van der Waals surface area contributed by atoms with Gasteiger partial charge in [-0.15, -0.1) is 5.10 Å². The molecule has 0 saturated heterocycles. The quantitative estimate of drug-likeness (QED) is 0.880. The maximum Gasteiger partial charge on any atom is 0.376 e. The molecule has 2 aromatic rings. The molecule has 1 N–H and O–H groups in total. The number of hydrogen-bond donors (Lipinski definition) is 1. The number of esters is 1. The summed E-state index contributed by atoms with van der Waals surface area (Å²) < 4.78 is 5.70. The van der Waals surface area contributed by atoms with E-state index in [1.54, 1.807) is 13.0 Å². The number of carbonyl (C=O) groups is 1. The van der Waals surface area contributed by atoms with Crippen LogP contribution in [0.1, 0.15) is 17.5 Å². The van der Waals surface area contributed by atoms with Gasteiger partial charge in [-0.2, -0.15) is 4.68 Å². The molecule has 0 saturated carbocycles. The Morgan fingerprint density at radius 2 is 2.21 bits per heavy atom. The number of nitrogens with zero attached hydrogens (tertiary/aromatic N) is 2. The SMILES string of the molecule is CCOC(=O)c1nn(-c2cc(Cl)ccc2Cl)c(=O)[nH]1. The second-order valence-electron chi connectivity index (χ2n) is 3.51. The Labute approximate surface area is 117 Å². The van der Waals surface area contributed by atoms with Crippen molar-refractivity contribution >= 4 is 29.2 Å². The van der Waals surface area contributed by atoms with E-state index < -0.39 is 11.7 Å². The Hall–Kier alpha value is -1.79. The van der Waals surface area contributed by atoms with Gasteiger partial charge in [0.05, 0.1) is 17.3 Å². The van der Waals surface area contributed by atoms with Crippen LogP contribution in [0, 0.1) is 0 Å². The molecule has 19 heavy (non-hydrogen) atoms. The van der Waals surface area contributed by atoms with Crippen LogP contribution in [-0.2, 0) is 4.74 Å². The maximum absolute atomic E-state index is 11.7. The molecule has 0 aliphatic carbocycles. The Morgan fingerprint density at radius 1 is 1.47 bits per heavy atom. The van der Waals surface area contributed by atoms with Crippen molar-refractivity contribution in [2.75, 3.05) is 6.61 Å². The van der Waals surface area contributed by atoms with E-state index in [0.29, 0.717) is 5.02 Å². The average molecular weight is 302 g/mol. The molecule has 6 nitrogen and oxygen atoms in total. The standard InChI is InChI=1S/C11H9Cl2N3O3/c1-2-19-10(17)9-14-11(18)16(15-9)8-5-6(12)3-4-7(8)13/h3-5H,2H2,1H3,(H,14,15,18). The normalized spacial score (nSPS) is 10.5. The second kappa shape index (κ2) is 5.46. The van der Waals surface area contributed by atoms with Gasteiger partial charge in [0, 0.05) is 5.02 Å². The van der Waals surface area contributed by atoms with Crippen LogP contribution in [0.15, 0.2) is 23.0 Å². The van der Waals surface area contributed by atoms with Crippen LogP contribution in [0.4, 0.5) is 0 Å². The van der Waals surface area contributed by atoms with Crippen molar-refractivity contribution in [3.8, 4) is 5.69 Å². The number of aromatic amines is 1. The Bertz CT molecular complexity index is 678. The molecule has 0 spiro atoms. The molecule has 0 atom stereocenters. The molecule has 8 heteroatoms. The topological polar surface area (TPSA) is 77.0 Å². The van der Waals surface area contributed by atoms with E-state index in [0.717, 1.165) is 4.68 Å². The third kappa shape index (κ3) is 2.80. The summed E-state index contributed by atoms with van der Waals surface area (Å²) in [7, 11) is 0. The van der Waals surface area contributed by atoms with Crippen molar-refractivity contribution in [1.82, 2.24) is 14.8 Å². The summed E-state index contributed by atoms with van der Waals surface area (Å²) in [4.78, 5) is 25.5. The van der Waals surface area contributed by atoms with Crippen LogP contribution >= 0.6 is 23.2 Å². The van der Waals surface area contributed by atoms with Gasteiger partial charge in [0.25, 0.3) is 0 Å². The first-order chi connectivity index (χ1) is 9.02. The zero-order chi connectivity index (χ0) is 14.0. The van der Waals surface area contributed by atoms with Crippen LogP contribution in [0.5, 0.6) is 0 Å². The number of ether oxygens (including phenoxy) is 1. The zero-order valence-electron chi connectivity index (χ0n) is 9.81. The van der Waals surface area contributed by atoms with Gasteiger partial charge in [0.15, 0.2) is 0 Å². The molecule has 1 aromatic heterocycles. The molecule has 1 heterocycles. The van der Waals surface area contributed by atoms with Gasteiger partial charge in [-0.05, 0) is 25.1 Å². The first kappa shape index (κ1) is 13.6. The van der Waals surface area contributed by atoms with Crippen LogP contribution in [-0.4, -0.2) is 27.3 Å². The lowest BCUT2D eigenvalue weighted by atomic mass is 10.3. The van der Waals surface area contributed by atoms with Gasteiger partial charge in [-0.25, -0.2) is 9.59 Å². The third-order valence-electron chi connectivity index (χ3n) is 2.22. The summed E-state index contributed by atoms with van der Waals surface area (Å²) in [6, 6.07) is 4.59. The lowest BCUT2D eigenvalue weighted by Gasteiger charge is -2.02. The molecule has 0 unspecified atom stereocenters. The fourth-order valence-electron chi connectivity index (χ4n) is 1.43. The van der Waals surface area contributed by atoms with Crippen molar-refractivity contribution < 1.29 is 9.53 Å². The minimum atomic E-state index is -0.712. The minimum Gasteiger partial charge on any atom is -0.460 e. The Kier molecular flexibility index (Phi) is 3.92. The highest BCUT2D eigenvalue weighted by atomic mass is 35.5. The van der Waals surface area contributed by atoms with Gasteiger partial charge < -0.3 is 4.74 Å². The molecular weight excluding hydrogens is 293 g/mol. The first-order valence-corrected chi connectivity index (χ1v) is 6.10. The summed E-state index contributed by atoms with van der Waals surface area (Å²) >= 11 is 11.8. The van der Waals surface area contributed by atoms with Crippen molar-refractivity contribution in [1.29, 1.82) is 0 Å². The van der Waals surface area contributed by atoms with E-state index in [1.165, 1.54) is 12.1 Å². The summed E-state index contributed by atoms with van der Waals surface area (Å²) in [5.41, 5.74) is -0.321. The number of H-pyrrole nitrogens is 1. The van der Waals surface area contributed by atoms with Gasteiger partial charge in [-0.1, -0.05) is 23.2 Å². The van der Waals surface area contributed by atoms with Crippen molar-refractivity contribution in [3.63, 3.8) is 0 Å². The van der Waals surface area contributed by atoms with Crippen molar-refractivity contribution in [2.24, 2.45) is 0 Å². The molecule has 1 aromatic carbocycles. The van der Waals surface area contributed by atoms with Crippen molar-refractivity contribution in [3.05, 3.63) is 44.6 Å². The number of carbonyl (C=O) groups excluding carboxylic acids is 1. The number of rotatable bonds is 3. The predicted molar refractivity (Wildman–Crippen MR) is 70.2 cm³/mol. The molecule has 2 rings (SSSR count). The summed E-state index contributed by atoms with van der Waals surface area (Å²) in [6.45, 7) is 1.84. The molecule has 0 radical (unpaired) electrons. The molecule has 0 aliphatic heterocycles. The monoisotopic (exact) mass is 301 g/mol. The average Bonchev–Trinajstić information content (AvgIpc) is 2.75. The van der Waals surface area contributed by atoms with Gasteiger partial charge in [0.1, 0.15) is 0 Å². The van der Waals surface area contributed by atoms with E-state index in [1.807, 2.05) is 0 Å². The van der Waals surface area contributed by atoms with Crippen LogP contribution in [0.2, 0.25) is 10.0 Å². The van der Waals surface area contributed by atoms with Gasteiger partial charge in [-0.3, -0.25) is 4.98 Å². The van der Waals surface area contributed by atoms with Crippen LogP contribution < -0.4 is 5.69 Å². The van der Waals surface area contributed by atoms with E-state index >= 15 is 0 Å². The van der Waals surface area contributed by atoms with Crippen LogP contribution in [0.3, 0.4) is 0 Å². The first-order valence-electron chi connectivity index (χ1n) is 5.34. The smallest absolute Gasteiger partial charge is 0.376 e. The second-order valence-corrected chi connectivity index (χ2v) is 4.35. The summed E-state index contributed by atoms with van der Waals surface area (Å²) in [6.07, 6.45) is 0. The van der Waals surface area contributed by atoms with E-state index in [9.17, 15) is 9.59 Å². The van der Waals surface area contributed by atoms with Gasteiger partial charge in [0.2, 0.25) is 5.82 Å². The summed E-state index contributed by atoms with van der Waals surface area (Å²) in [5.74, 6) is -0.903.